The van der Waals surface area contributed by atoms with Gasteiger partial charge < -0.3 is 10.6 Å². The topological polar surface area (TPSA) is 41.1 Å². The number of hydrogen-bond donors (Lipinski definition) is 2. The fraction of sp³-hybridized carbons (Fsp3) is 0.611. The molecule has 1 heterocycles. The lowest BCUT2D eigenvalue weighted by Crippen LogP contribution is -2.53. The Kier molecular flexibility index (Phi) is 4.59. The second kappa shape index (κ2) is 6.61. The van der Waals surface area contributed by atoms with Gasteiger partial charge in [-0.05, 0) is 55.7 Å². The van der Waals surface area contributed by atoms with Crippen molar-refractivity contribution in [2.45, 2.75) is 64.0 Å². The van der Waals surface area contributed by atoms with Gasteiger partial charge in [0.15, 0.2) is 0 Å². The average molecular weight is 286 g/mol. The third kappa shape index (κ3) is 3.46. The van der Waals surface area contributed by atoms with E-state index in [0.717, 1.165) is 24.4 Å². The zero-order valence-corrected chi connectivity index (χ0v) is 12.9. The number of piperidine rings is 1. The molecule has 2 N–H and O–H groups in total. The van der Waals surface area contributed by atoms with Gasteiger partial charge in [0.05, 0.1) is 6.04 Å². The van der Waals surface area contributed by atoms with Crippen LogP contribution in [0.1, 0.15) is 51.0 Å². The van der Waals surface area contributed by atoms with Crippen LogP contribution in [0, 0.1) is 5.92 Å². The molecule has 3 rings (SSSR count). The summed E-state index contributed by atoms with van der Waals surface area (Å²) in [6.45, 7) is 2.13. The van der Waals surface area contributed by atoms with Crippen LogP contribution in [0.4, 0.5) is 5.69 Å². The van der Waals surface area contributed by atoms with Crippen molar-refractivity contribution in [2.24, 2.45) is 5.92 Å². The van der Waals surface area contributed by atoms with Crippen molar-refractivity contribution >= 4 is 11.6 Å². The standard InChI is InChI=1S/C18H26N2O/c1-2-13-6-5-8-15(12-13)19-18(21)17-11-10-14-7-3-4-9-16(14)20-17/h5-6,8,12,14,16-17,20H,2-4,7,9-11H2,1H3,(H,19,21). The van der Waals surface area contributed by atoms with E-state index in [4.69, 9.17) is 0 Å². The second-order valence-corrected chi connectivity index (χ2v) is 6.49. The van der Waals surface area contributed by atoms with Crippen molar-refractivity contribution in [1.82, 2.24) is 5.32 Å². The number of fused-ring (bicyclic) bond motifs is 1. The summed E-state index contributed by atoms with van der Waals surface area (Å²) in [6, 6.07) is 8.70. The Morgan fingerprint density at radius 2 is 2.10 bits per heavy atom. The number of carbonyl (C=O) groups excluding carboxylic acids is 1. The van der Waals surface area contributed by atoms with Gasteiger partial charge in [0.25, 0.3) is 0 Å². The molecule has 1 aromatic carbocycles. The number of rotatable bonds is 3. The van der Waals surface area contributed by atoms with Gasteiger partial charge in [-0.1, -0.05) is 31.9 Å². The Morgan fingerprint density at radius 3 is 2.95 bits per heavy atom. The summed E-state index contributed by atoms with van der Waals surface area (Å²) >= 11 is 0. The van der Waals surface area contributed by atoms with Crippen molar-refractivity contribution in [2.75, 3.05) is 5.32 Å². The highest BCUT2D eigenvalue weighted by Gasteiger charge is 2.34. The third-order valence-corrected chi connectivity index (χ3v) is 5.07. The number of nitrogens with one attached hydrogen (secondary N) is 2. The lowest BCUT2D eigenvalue weighted by atomic mass is 9.77. The molecule has 0 spiro atoms. The summed E-state index contributed by atoms with van der Waals surface area (Å²) in [5.74, 6) is 0.929. The van der Waals surface area contributed by atoms with E-state index in [-0.39, 0.29) is 11.9 Å². The molecular formula is C18H26N2O. The number of benzene rings is 1. The van der Waals surface area contributed by atoms with E-state index in [1.807, 2.05) is 12.1 Å². The van der Waals surface area contributed by atoms with Crippen molar-refractivity contribution < 1.29 is 4.79 Å². The minimum Gasteiger partial charge on any atom is -0.325 e. The number of carbonyl (C=O) groups is 1. The quantitative estimate of drug-likeness (QED) is 0.893. The van der Waals surface area contributed by atoms with Gasteiger partial charge in [0, 0.05) is 11.7 Å². The van der Waals surface area contributed by atoms with E-state index in [0.29, 0.717) is 6.04 Å². The van der Waals surface area contributed by atoms with Crippen LogP contribution < -0.4 is 10.6 Å². The van der Waals surface area contributed by atoms with E-state index in [1.165, 1.54) is 37.7 Å². The summed E-state index contributed by atoms with van der Waals surface area (Å²) in [7, 11) is 0. The van der Waals surface area contributed by atoms with Crippen LogP contribution in [0.3, 0.4) is 0 Å². The van der Waals surface area contributed by atoms with Crippen LogP contribution >= 0.6 is 0 Å². The Morgan fingerprint density at radius 1 is 1.24 bits per heavy atom. The van der Waals surface area contributed by atoms with Crippen LogP contribution in [0.2, 0.25) is 0 Å². The van der Waals surface area contributed by atoms with Gasteiger partial charge in [-0.15, -0.1) is 0 Å². The molecule has 0 radical (unpaired) electrons. The highest BCUT2D eigenvalue weighted by Crippen LogP contribution is 2.32. The molecular weight excluding hydrogens is 260 g/mol. The Bertz CT molecular complexity index is 500. The molecule has 2 aliphatic rings. The predicted molar refractivity (Wildman–Crippen MR) is 86.4 cm³/mol. The van der Waals surface area contributed by atoms with Crippen molar-refractivity contribution in [3.63, 3.8) is 0 Å². The molecule has 1 saturated heterocycles. The lowest BCUT2D eigenvalue weighted by Gasteiger charge is -2.39. The van der Waals surface area contributed by atoms with Crippen LogP contribution in [-0.2, 0) is 11.2 Å². The fourth-order valence-corrected chi connectivity index (χ4v) is 3.80. The maximum absolute atomic E-state index is 12.5. The molecule has 3 atom stereocenters. The third-order valence-electron chi connectivity index (χ3n) is 5.07. The molecule has 3 heteroatoms. The molecule has 2 fully saturated rings. The molecule has 1 aliphatic carbocycles. The normalized spacial score (nSPS) is 28.7. The van der Waals surface area contributed by atoms with Crippen LogP contribution in [-0.4, -0.2) is 18.0 Å². The molecule has 21 heavy (non-hydrogen) atoms. The zero-order chi connectivity index (χ0) is 14.7. The molecule has 3 unspecified atom stereocenters. The minimum atomic E-state index is -0.0189. The summed E-state index contributed by atoms with van der Waals surface area (Å²) in [5, 5.41) is 6.67. The van der Waals surface area contributed by atoms with Gasteiger partial charge in [-0.3, -0.25) is 4.79 Å². The fourth-order valence-electron chi connectivity index (χ4n) is 3.80. The van der Waals surface area contributed by atoms with E-state index in [9.17, 15) is 4.79 Å². The maximum atomic E-state index is 12.5. The first kappa shape index (κ1) is 14.6. The smallest absolute Gasteiger partial charge is 0.241 e. The van der Waals surface area contributed by atoms with Crippen LogP contribution in [0.5, 0.6) is 0 Å². The first-order valence-electron chi connectivity index (χ1n) is 8.42. The summed E-state index contributed by atoms with van der Waals surface area (Å²) in [5.41, 5.74) is 2.18. The summed E-state index contributed by atoms with van der Waals surface area (Å²) < 4.78 is 0. The van der Waals surface area contributed by atoms with Crippen molar-refractivity contribution in [3.05, 3.63) is 29.8 Å². The molecule has 0 aromatic heterocycles. The number of aryl methyl sites for hydroxylation is 1. The van der Waals surface area contributed by atoms with E-state index in [2.05, 4.69) is 29.7 Å². The molecule has 1 saturated carbocycles. The van der Waals surface area contributed by atoms with Gasteiger partial charge in [-0.2, -0.15) is 0 Å². The zero-order valence-electron chi connectivity index (χ0n) is 12.9. The number of anilines is 1. The first-order chi connectivity index (χ1) is 10.3. The van der Waals surface area contributed by atoms with Crippen molar-refractivity contribution in [3.8, 4) is 0 Å². The SMILES string of the molecule is CCc1cccc(NC(=O)C2CCC3CCCCC3N2)c1. The summed E-state index contributed by atoms with van der Waals surface area (Å²) in [6.07, 6.45) is 8.41. The van der Waals surface area contributed by atoms with E-state index < -0.39 is 0 Å². The predicted octanol–water partition coefficient (Wildman–Crippen LogP) is 3.50. The average Bonchev–Trinajstić information content (AvgIpc) is 2.54. The molecule has 1 aliphatic heterocycles. The highest BCUT2D eigenvalue weighted by atomic mass is 16.2. The minimum absolute atomic E-state index is 0.0189. The lowest BCUT2D eigenvalue weighted by molar-refractivity contribution is -0.119. The Hall–Kier alpha value is -1.35. The van der Waals surface area contributed by atoms with Gasteiger partial charge in [0.1, 0.15) is 0 Å². The van der Waals surface area contributed by atoms with E-state index in [1.54, 1.807) is 0 Å². The molecule has 1 aromatic rings. The Labute approximate surface area is 127 Å². The summed E-state index contributed by atoms with van der Waals surface area (Å²) in [4.78, 5) is 12.5. The number of hydrogen-bond acceptors (Lipinski definition) is 2. The van der Waals surface area contributed by atoms with Gasteiger partial charge in [0.2, 0.25) is 5.91 Å². The monoisotopic (exact) mass is 286 g/mol. The largest absolute Gasteiger partial charge is 0.325 e. The Balaban J connectivity index is 1.60. The van der Waals surface area contributed by atoms with Crippen LogP contribution in [0.25, 0.3) is 0 Å². The molecule has 1 amide bonds. The van der Waals surface area contributed by atoms with Gasteiger partial charge in [-0.25, -0.2) is 0 Å². The van der Waals surface area contributed by atoms with Crippen molar-refractivity contribution in [1.29, 1.82) is 0 Å². The number of amides is 1. The van der Waals surface area contributed by atoms with Gasteiger partial charge >= 0.3 is 0 Å². The molecule has 3 nitrogen and oxygen atoms in total. The molecule has 0 bridgehead atoms. The molecule has 114 valence electrons. The first-order valence-corrected chi connectivity index (χ1v) is 8.42. The van der Waals surface area contributed by atoms with Crippen LogP contribution in [0.15, 0.2) is 24.3 Å². The highest BCUT2D eigenvalue weighted by molar-refractivity contribution is 5.95. The maximum Gasteiger partial charge on any atom is 0.241 e. The second-order valence-electron chi connectivity index (χ2n) is 6.49. The van der Waals surface area contributed by atoms with E-state index >= 15 is 0 Å².